The SMILES string of the molecule is Cc1nc(N)sc1S(=O)(=O)Nc1ccccc1C(C)(C)C. The topological polar surface area (TPSA) is 85.1 Å². The van der Waals surface area contributed by atoms with Crippen LogP contribution in [0, 0.1) is 6.92 Å². The minimum Gasteiger partial charge on any atom is -0.375 e. The van der Waals surface area contributed by atoms with Gasteiger partial charge in [0, 0.05) is 0 Å². The van der Waals surface area contributed by atoms with E-state index in [-0.39, 0.29) is 14.8 Å². The molecule has 1 heterocycles. The zero-order chi connectivity index (χ0) is 15.8. The molecule has 0 atom stereocenters. The third kappa shape index (κ3) is 3.36. The number of sulfonamides is 1. The molecular weight excluding hydrogens is 306 g/mol. The molecule has 114 valence electrons. The van der Waals surface area contributed by atoms with Crippen LogP contribution < -0.4 is 10.5 Å². The van der Waals surface area contributed by atoms with Crippen LogP contribution in [-0.4, -0.2) is 13.4 Å². The van der Waals surface area contributed by atoms with E-state index in [1.165, 1.54) is 0 Å². The summed E-state index contributed by atoms with van der Waals surface area (Å²) in [7, 11) is -3.68. The monoisotopic (exact) mass is 325 g/mol. The van der Waals surface area contributed by atoms with Crippen molar-refractivity contribution in [1.82, 2.24) is 4.98 Å². The fraction of sp³-hybridized carbons (Fsp3) is 0.357. The van der Waals surface area contributed by atoms with Crippen molar-refractivity contribution in [3.05, 3.63) is 35.5 Å². The lowest BCUT2D eigenvalue weighted by molar-refractivity contribution is 0.590. The standard InChI is InChI=1S/C14H19N3O2S2/c1-9-12(20-13(15)16-9)21(18,19)17-11-8-6-5-7-10(11)14(2,3)4/h5-8,17H,1-4H3,(H2,15,16). The van der Waals surface area contributed by atoms with Crippen molar-refractivity contribution in [2.24, 2.45) is 0 Å². The molecule has 21 heavy (non-hydrogen) atoms. The Morgan fingerprint density at radius 2 is 1.86 bits per heavy atom. The normalized spacial score (nSPS) is 12.4. The number of aromatic nitrogens is 1. The number of hydrogen-bond acceptors (Lipinski definition) is 5. The van der Waals surface area contributed by atoms with Gasteiger partial charge in [-0.2, -0.15) is 0 Å². The summed E-state index contributed by atoms with van der Waals surface area (Å²) in [5, 5.41) is 0.247. The zero-order valence-corrected chi connectivity index (χ0v) is 14.1. The Balaban J connectivity index is 2.45. The molecule has 0 amide bonds. The first kappa shape index (κ1) is 15.8. The summed E-state index contributed by atoms with van der Waals surface area (Å²) in [6, 6.07) is 7.39. The molecule has 2 rings (SSSR count). The van der Waals surface area contributed by atoms with E-state index >= 15 is 0 Å². The number of nitrogens with two attached hydrogens (primary N) is 1. The van der Waals surface area contributed by atoms with E-state index in [1.54, 1.807) is 19.1 Å². The molecule has 1 aromatic carbocycles. The van der Waals surface area contributed by atoms with Gasteiger partial charge in [-0.1, -0.05) is 50.3 Å². The Hall–Kier alpha value is -1.60. The largest absolute Gasteiger partial charge is 0.375 e. The van der Waals surface area contributed by atoms with Gasteiger partial charge in [0.1, 0.15) is 0 Å². The number of anilines is 2. The number of nitrogen functional groups attached to an aromatic ring is 1. The molecular formula is C14H19N3O2S2. The van der Waals surface area contributed by atoms with Crippen LogP contribution in [0.1, 0.15) is 32.0 Å². The van der Waals surface area contributed by atoms with Crippen molar-refractivity contribution in [2.45, 2.75) is 37.3 Å². The molecule has 0 unspecified atom stereocenters. The molecule has 0 aliphatic heterocycles. The maximum atomic E-state index is 12.5. The van der Waals surface area contributed by atoms with Gasteiger partial charge < -0.3 is 5.73 Å². The number of nitrogens with one attached hydrogen (secondary N) is 1. The molecule has 0 bridgehead atoms. The van der Waals surface area contributed by atoms with Crippen molar-refractivity contribution >= 4 is 32.2 Å². The summed E-state index contributed by atoms with van der Waals surface area (Å²) in [6.45, 7) is 7.75. The van der Waals surface area contributed by atoms with Crippen molar-refractivity contribution < 1.29 is 8.42 Å². The zero-order valence-electron chi connectivity index (χ0n) is 12.5. The van der Waals surface area contributed by atoms with Crippen molar-refractivity contribution in [3.63, 3.8) is 0 Å². The van der Waals surface area contributed by atoms with Gasteiger partial charge in [0.25, 0.3) is 10.0 Å². The predicted molar refractivity (Wildman–Crippen MR) is 87.2 cm³/mol. The lowest BCUT2D eigenvalue weighted by Gasteiger charge is -2.23. The summed E-state index contributed by atoms with van der Waals surface area (Å²) < 4.78 is 27.8. The highest BCUT2D eigenvalue weighted by molar-refractivity contribution is 7.94. The third-order valence-corrected chi connectivity index (χ3v) is 5.96. The molecule has 2 aromatic rings. The summed E-state index contributed by atoms with van der Waals surface area (Å²) >= 11 is 0.970. The van der Waals surface area contributed by atoms with Crippen molar-refractivity contribution in [3.8, 4) is 0 Å². The van der Waals surface area contributed by atoms with Gasteiger partial charge >= 0.3 is 0 Å². The van der Waals surface area contributed by atoms with Crippen LogP contribution in [-0.2, 0) is 15.4 Å². The maximum Gasteiger partial charge on any atom is 0.273 e. The quantitative estimate of drug-likeness (QED) is 0.908. The first-order valence-electron chi connectivity index (χ1n) is 6.46. The lowest BCUT2D eigenvalue weighted by Crippen LogP contribution is -2.19. The number of benzene rings is 1. The number of thiazole rings is 1. The van der Waals surface area contributed by atoms with E-state index < -0.39 is 10.0 Å². The Bertz CT molecular complexity index is 759. The van der Waals surface area contributed by atoms with Crippen LogP contribution in [0.3, 0.4) is 0 Å². The van der Waals surface area contributed by atoms with E-state index in [1.807, 2.05) is 32.9 Å². The van der Waals surface area contributed by atoms with Gasteiger partial charge in [-0.3, -0.25) is 4.72 Å². The Labute approximate surface area is 129 Å². The molecule has 0 aliphatic rings. The summed E-state index contributed by atoms with van der Waals surface area (Å²) in [5.74, 6) is 0. The average molecular weight is 325 g/mol. The minimum absolute atomic E-state index is 0.156. The summed E-state index contributed by atoms with van der Waals surface area (Å²) in [5.41, 5.74) is 7.35. The molecule has 0 radical (unpaired) electrons. The van der Waals surface area contributed by atoms with Gasteiger partial charge in [0.15, 0.2) is 9.34 Å². The highest BCUT2D eigenvalue weighted by atomic mass is 32.2. The molecule has 3 N–H and O–H groups in total. The number of hydrogen-bond donors (Lipinski definition) is 2. The van der Waals surface area contributed by atoms with E-state index in [0.29, 0.717) is 11.4 Å². The lowest BCUT2D eigenvalue weighted by atomic mass is 9.86. The van der Waals surface area contributed by atoms with Gasteiger partial charge in [-0.05, 0) is 24.0 Å². The third-order valence-electron chi connectivity index (χ3n) is 2.99. The second-order valence-electron chi connectivity index (χ2n) is 5.83. The minimum atomic E-state index is -3.68. The van der Waals surface area contributed by atoms with Gasteiger partial charge in [0.2, 0.25) is 0 Å². The molecule has 0 aliphatic carbocycles. The van der Waals surface area contributed by atoms with E-state index in [4.69, 9.17) is 5.73 Å². The molecule has 5 nitrogen and oxygen atoms in total. The Morgan fingerprint density at radius 3 is 2.38 bits per heavy atom. The first-order valence-corrected chi connectivity index (χ1v) is 8.76. The number of nitrogens with zero attached hydrogens (tertiary/aromatic N) is 1. The van der Waals surface area contributed by atoms with Gasteiger partial charge in [-0.25, -0.2) is 13.4 Å². The van der Waals surface area contributed by atoms with Crippen LogP contribution in [0.15, 0.2) is 28.5 Å². The number of para-hydroxylation sites is 1. The number of rotatable bonds is 3. The van der Waals surface area contributed by atoms with Gasteiger partial charge in [-0.15, -0.1) is 0 Å². The Morgan fingerprint density at radius 1 is 1.24 bits per heavy atom. The maximum absolute atomic E-state index is 12.5. The van der Waals surface area contributed by atoms with Crippen LogP contribution in [0.4, 0.5) is 10.8 Å². The van der Waals surface area contributed by atoms with Crippen LogP contribution in [0.2, 0.25) is 0 Å². The van der Waals surface area contributed by atoms with Crippen molar-refractivity contribution in [1.29, 1.82) is 0 Å². The predicted octanol–water partition coefficient (Wildman–Crippen LogP) is 3.13. The molecule has 0 fully saturated rings. The molecule has 0 saturated carbocycles. The van der Waals surface area contributed by atoms with E-state index in [9.17, 15) is 8.42 Å². The van der Waals surface area contributed by atoms with E-state index in [0.717, 1.165) is 16.9 Å². The number of aryl methyl sites for hydroxylation is 1. The second-order valence-corrected chi connectivity index (χ2v) is 8.73. The average Bonchev–Trinajstić information content (AvgIpc) is 2.68. The highest BCUT2D eigenvalue weighted by Gasteiger charge is 2.24. The van der Waals surface area contributed by atoms with Crippen LogP contribution in [0.5, 0.6) is 0 Å². The molecule has 0 spiro atoms. The van der Waals surface area contributed by atoms with Crippen LogP contribution >= 0.6 is 11.3 Å². The van der Waals surface area contributed by atoms with E-state index in [2.05, 4.69) is 9.71 Å². The first-order chi connectivity index (χ1) is 9.61. The van der Waals surface area contributed by atoms with Gasteiger partial charge in [0.05, 0.1) is 11.4 Å². The van der Waals surface area contributed by atoms with Crippen LogP contribution in [0.25, 0.3) is 0 Å². The second kappa shape index (κ2) is 5.31. The Kier molecular flexibility index (Phi) is 3.99. The summed E-state index contributed by atoms with van der Waals surface area (Å²) in [6.07, 6.45) is 0. The fourth-order valence-electron chi connectivity index (χ4n) is 2.07. The fourth-order valence-corrected chi connectivity index (χ4v) is 4.45. The molecule has 1 aromatic heterocycles. The molecule has 0 saturated heterocycles. The highest BCUT2D eigenvalue weighted by Crippen LogP contribution is 2.32. The summed E-state index contributed by atoms with van der Waals surface area (Å²) in [4.78, 5) is 3.97. The smallest absolute Gasteiger partial charge is 0.273 e. The molecule has 7 heteroatoms. The van der Waals surface area contributed by atoms with Crippen molar-refractivity contribution in [2.75, 3.05) is 10.5 Å².